The number of methoxy groups -OCH3 is 1. The van der Waals surface area contributed by atoms with Crippen LogP contribution in [0.15, 0.2) is 30.3 Å². The first-order valence-corrected chi connectivity index (χ1v) is 7.15. The lowest BCUT2D eigenvalue weighted by atomic mass is 10.2. The summed E-state index contributed by atoms with van der Waals surface area (Å²) in [5.41, 5.74) is 1.74. The first-order chi connectivity index (χ1) is 10.8. The number of hydrogen-bond donors (Lipinski definition) is 2. The zero-order chi connectivity index (χ0) is 17.0. The number of anilines is 1. The first-order valence-electron chi connectivity index (χ1n) is 7.15. The minimum atomic E-state index is -0.548. The SMILES string of the molecule is COC(=O)/C=C/c1cc2cc(NC(=O)OC(C)(C)C)ccc2[nH]1. The summed E-state index contributed by atoms with van der Waals surface area (Å²) in [7, 11) is 1.33. The summed E-state index contributed by atoms with van der Waals surface area (Å²) in [5, 5.41) is 3.60. The fourth-order valence-corrected chi connectivity index (χ4v) is 1.97. The van der Waals surface area contributed by atoms with Crippen LogP contribution < -0.4 is 5.32 Å². The molecule has 0 bridgehead atoms. The molecule has 2 N–H and O–H groups in total. The second-order valence-electron chi connectivity index (χ2n) is 6.01. The van der Waals surface area contributed by atoms with Crippen molar-refractivity contribution in [2.24, 2.45) is 0 Å². The molecule has 23 heavy (non-hydrogen) atoms. The Hall–Kier alpha value is -2.76. The second kappa shape index (κ2) is 6.56. The van der Waals surface area contributed by atoms with Crippen LogP contribution in [0.4, 0.5) is 10.5 Å². The maximum atomic E-state index is 11.8. The Kier molecular flexibility index (Phi) is 4.74. The van der Waals surface area contributed by atoms with E-state index in [0.717, 1.165) is 16.6 Å². The van der Waals surface area contributed by atoms with Gasteiger partial charge in [-0.05, 0) is 51.1 Å². The third kappa shape index (κ3) is 4.88. The molecule has 0 aliphatic rings. The van der Waals surface area contributed by atoms with E-state index in [1.54, 1.807) is 12.1 Å². The van der Waals surface area contributed by atoms with Crippen LogP contribution in [0.3, 0.4) is 0 Å². The predicted octanol–water partition coefficient (Wildman–Crippen LogP) is 3.70. The normalized spacial score (nSPS) is 11.7. The number of nitrogens with one attached hydrogen (secondary N) is 2. The fourth-order valence-electron chi connectivity index (χ4n) is 1.97. The van der Waals surface area contributed by atoms with Gasteiger partial charge >= 0.3 is 12.1 Å². The van der Waals surface area contributed by atoms with E-state index in [1.807, 2.05) is 39.0 Å². The largest absolute Gasteiger partial charge is 0.466 e. The van der Waals surface area contributed by atoms with Gasteiger partial charge < -0.3 is 14.5 Å². The van der Waals surface area contributed by atoms with Gasteiger partial charge in [-0.2, -0.15) is 0 Å². The van der Waals surface area contributed by atoms with Crippen LogP contribution in [0.5, 0.6) is 0 Å². The summed E-state index contributed by atoms with van der Waals surface area (Å²) in [6.07, 6.45) is 2.47. The lowest BCUT2D eigenvalue weighted by Crippen LogP contribution is -2.27. The monoisotopic (exact) mass is 316 g/mol. The molecule has 1 amide bonds. The van der Waals surface area contributed by atoms with Gasteiger partial charge in [0.2, 0.25) is 0 Å². The third-order valence-corrected chi connectivity index (χ3v) is 2.89. The number of ether oxygens (including phenoxy) is 2. The van der Waals surface area contributed by atoms with Gasteiger partial charge in [-0.15, -0.1) is 0 Å². The summed E-state index contributed by atoms with van der Waals surface area (Å²) in [4.78, 5) is 26.0. The maximum absolute atomic E-state index is 11.8. The number of hydrogen-bond acceptors (Lipinski definition) is 4. The smallest absolute Gasteiger partial charge is 0.412 e. The topological polar surface area (TPSA) is 80.4 Å². The van der Waals surface area contributed by atoms with Crippen molar-refractivity contribution in [1.82, 2.24) is 4.98 Å². The molecule has 0 unspecified atom stereocenters. The van der Waals surface area contributed by atoms with E-state index in [1.165, 1.54) is 13.2 Å². The van der Waals surface area contributed by atoms with Crippen LogP contribution in [-0.4, -0.2) is 29.8 Å². The molecule has 0 radical (unpaired) electrons. The minimum absolute atomic E-state index is 0.420. The number of aromatic nitrogens is 1. The molecule has 0 aliphatic carbocycles. The van der Waals surface area contributed by atoms with E-state index in [2.05, 4.69) is 15.0 Å². The summed E-state index contributed by atoms with van der Waals surface area (Å²) in [6, 6.07) is 7.31. The van der Waals surface area contributed by atoms with Crippen molar-refractivity contribution in [1.29, 1.82) is 0 Å². The summed E-state index contributed by atoms with van der Waals surface area (Å²) >= 11 is 0. The molecule has 122 valence electrons. The van der Waals surface area contributed by atoms with Crippen LogP contribution in [0.2, 0.25) is 0 Å². The van der Waals surface area contributed by atoms with Gasteiger partial charge in [-0.3, -0.25) is 5.32 Å². The summed E-state index contributed by atoms with van der Waals surface area (Å²) < 4.78 is 9.76. The number of esters is 1. The minimum Gasteiger partial charge on any atom is -0.466 e. The number of fused-ring (bicyclic) bond motifs is 1. The quantitative estimate of drug-likeness (QED) is 0.668. The highest BCUT2D eigenvalue weighted by Gasteiger charge is 2.16. The molecule has 0 aliphatic heterocycles. The van der Waals surface area contributed by atoms with Crippen LogP contribution in [0, 0.1) is 0 Å². The molecule has 1 aromatic carbocycles. The molecule has 0 fully saturated rings. The Morgan fingerprint density at radius 2 is 1.96 bits per heavy atom. The molecule has 2 rings (SSSR count). The van der Waals surface area contributed by atoms with Gasteiger partial charge in [0.1, 0.15) is 5.60 Å². The number of carbonyl (C=O) groups excluding carboxylic acids is 2. The van der Waals surface area contributed by atoms with Crippen LogP contribution in [-0.2, 0) is 14.3 Å². The summed E-state index contributed by atoms with van der Waals surface area (Å²) in [6.45, 7) is 5.42. The van der Waals surface area contributed by atoms with E-state index in [0.29, 0.717) is 5.69 Å². The van der Waals surface area contributed by atoms with Gasteiger partial charge in [0.05, 0.1) is 7.11 Å². The molecular formula is C17H20N2O4. The second-order valence-corrected chi connectivity index (χ2v) is 6.01. The van der Waals surface area contributed by atoms with Crippen molar-refractivity contribution in [2.75, 3.05) is 12.4 Å². The van der Waals surface area contributed by atoms with Gasteiger partial charge in [0.25, 0.3) is 0 Å². The van der Waals surface area contributed by atoms with E-state index < -0.39 is 17.7 Å². The Bertz CT molecular complexity index is 754. The lowest BCUT2D eigenvalue weighted by Gasteiger charge is -2.19. The number of rotatable bonds is 3. The Morgan fingerprint density at radius 3 is 2.61 bits per heavy atom. The number of aromatic amines is 1. The molecular weight excluding hydrogens is 296 g/mol. The van der Waals surface area contributed by atoms with Gasteiger partial charge in [-0.1, -0.05) is 0 Å². The van der Waals surface area contributed by atoms with Crippen molar-refractivity contribution in [2.45, 2.75) is 26.4 Å². The molecule has 1 aromatic heterocycles. The van der Waals surface area contributed by atoms with Gasteiger partial charge in [-0.25, -0.2) is 9.59 Å². The number of benzene rings is 1. The van der Waals surface area contributed by atoms with Gasteiger partial charge in [0.15, 0.2) is 0 Å². The van der Waals surface area contributed by atoms with Crippen molar-refractivity contribution in [3.05, 3.63) is 36.0 Å². The number of H-pyrrole nitrogens is 1. The van der Waals surface area contributed by atoms with E-state index in [4.69, 9.17) is 4.74 Å². The highest BCUT2D eigenvalue weighted by atomic mass is 16.6. The average Bonchev–Trinajstić information content (AvgIpc) is 2.84. The van der Waals surface area contributed by atoms with E-state index >= 15 is 0 Å². The lowest BCUT2D eigenvalue weighted by molar-refractivity contribution is -0.134. The highest BCUT2D eigenvalue weighted by Crippen LogP contribution is 2.21. The van der Waals surface area contributed by atoms with Crippen molar-refractivity contribution >= 4 is 34.7 Å². The maximum Gasteiger partial charge on any atom is 0.412 e. The molecule has 0 saturated heterocycles. The van der Waals surface area contributed by atoms with Gasteiger partial charge in [0, 0.05) is 28.4 Å². The highest BCUT2D eigenvalue weighted by molar-refractivity contribution is 5.92. The zero-order valence-corrected chi connectivity index (χ0v) is 13.6. The van der Waals surface area contributed by atoms with E-state index in [9.17, 15) is 9.59 Å². The predicted molar refractivity (Wildman–Crippen MR) is 89.2 cm³/mol. The molecule has 1 heterocycles. The van der Waals surface area contributed by atoms with Crippen molar-refractivity contribution in [3.63, 3.8) is 0 Å². The van der Waals surface area contributed by atoms with Crippen molar-refractivity contribution in [3.8, 4) is 0 Å². The molecule has 0 saturated carbocycles. The van der Waals surface area contributed by atoms with Crippen LogP contribution in [0.25, 0.3) is 17.0 Å². The number of carbonyl (C=O) groups is 2. The Balaban J connectivity index is 2.14. The zero-order valence-electron chi connectivity index (χ0n) is 13.6. The Morgan fingerprint density at radius 1 is 1.22 bits per heavy atom. The molecule has 2 aromatic rings. The summed E-state index contributed by atoms with van der Waals surface area (Å²) in [5.74, 6) is -0.420. The Labute approximate surface area is 134 Å². The van der Waals surface area contributed by atoms with Crippen molar-refractivity contribution < 1.29 is 19.1 Å². The molecule has 0 atom stereocenters. The van der Waals surface area contributed by atoms with Crippen LogP contribution in [0.1, 0.15) is 26.5 Å². The molecule has 0 spiro atoms. The fraction of sp³-hybridized carbons (Fsp3) is 0.294. The molecule has 6 nitrogen and oxygen atoms in total. The number of amides is 1. The average molecular weight is 316 g/mol. The first kappa shape index (κ1) is 16.6. The van der Waals surface area contributed by atoms with E-state index in [-0.39, 0.29) is 0 Å². The third-order valence-electron chi connectivity index (χ3n) is 2.89. The standard InChI is InChI=1S/C17H20N2O4/c1-17(2,3)23-16(21)19-13-5-7-14-11(10-13)9-12(18-14)6-8-15(20)22-4/h5-10,18H,1-4H3,(H,19,21)/b8-6+. The molecule has 6 heteroatoms. The van der Waals surface area contributed by atoms with Crippen LogP contribution >= 0.6 is 0 Å².